The minimum absolute atomic E-state index is 0.255. The highest BCUT2D eigenvalue weighted by Crippen LogP contribution is 2.28. The smallest absolute Gasteiger partial charge is 0.303 e. The van der Waals surface area contributed by atoms with Gasteiger partial charge in [-0.05, 0) is 25.7 Å². The van der Waals surface area contributed by atoms with E-state index in [0.29, 0.717) is 0 Å². The fraction of sp³-hybridized carbons (Fsp3) is 0.880. The lowest BCUT2D eigenvalue weighted by Gasteiger charge is -2.03. The predicted octanol–water partition coefficient (Wildman–Crippen LogP) is 7.83. The maximum absolute atomic E-state index is 10.5. The van der Waals surface area contributed by atoms with E-state index in [9.17, 15) is 4.79 Å². The van der Waals surface area contributed by atoms with Crippen LogP contribution in [0.25, 0.3) is 0 Å². The van der Waals surface area contributed by atoms with Crippen LogP contribution in [0.3, 0.4) is 0 Å². The summed E-state index contributed by atoms with van der Waals surface area (Å²) in [4.78, 5) is 10.5. The van der Waals surface area contributed by atoms with Crippen LogP contribution in [-0.2, 0) is 9.53 Å². The number of allylic oxidation sites excluding steroid dienone is 1. The number of carboxylic acid groups (broad SMARTS) is 1. The summed E-state index contributed by atoms with van der Waals surface area (Å²) in [6.07, 6.45) is 29.1. The van der Waals surface area contributed by atoms with E-state index in [0.717, 1.165) is 19.3 Å². The SMILES string of the molecule is CCCCCCCCCCCCCCCCCC=CC1OC1CCCC(=O)O. The zero-order valence-corrected chi connectivity index (χ0v) is 18.5. The Hall–Kier alpha value is -0.830. The summed E-state index contributed by atoms with van der Waals surface area (Å²) in [5.74, 6) is -0.707. The van der Waals surface area contributed by atoms with E-state index in [-0.39, 0.29) is 18.6 Å². The van der Waals surface area contributed by atoms with E-state index in [4.69, 9.17) is 9.84 Å². The molecular weight excluding hydrogens is 348 g/mol. The summed E-state index contributed by atoms with van der Waals surface area (Å²) in [5, 5.41) is 8.62. The molecule has 2 unspecified atom stereocenters. The summed E-state index contributed by atoms with van der Waals surface area (Å²) in [5.41, 5.74) is 0. The molecule has 28 heavy (non-hydrogen) atoms. The third-order valence-electron chi connectivity index (χ3n) is 5.80. The normalized spacial score (nSPS) is 18.8. The molecule has 1 rings (SSSR count). The lowest BCUT2D eigenvalue weighted by atomic mass is 10.0. The van der Waals surface area contributed by atoms with Gasteiger partial charge in [0.15, 0.2) is 0 Å². The Kier molecular flexibility index (Phi) is 16.4. The Balaban J connectivity index is 1.72. The first-order chi connectivity index (χ1) is 13.7. The molecule has 0 spiro atoms. The average Bonchev–Trinajstić information content (AvgIpc) is 3.42. The monoisotopic (exact) mass is 394 g/mol. The highest BCUT2D eigenvalue weighted by Gasteiger charge is 2.35. The van der Waals surface area contributed by atoms with Gasteiger partial charge in [0.25, 0.3) is 0 Å². The zero-order chi connectivity index (χ0) is 20.3. The van der Waals surface area contributed by atoms with Crippen molar-refractivity contribution in [3.05, 3.63) is 12.2 Å². The number of aliphatic carboxylic acids is 1. The van der Waals surface area contributed by atoms with Gasteiger partial charge >= 0.3 is 5.97 Å². The maximum Gasteiger partial charge on any atom is 0.303 e. The standard InChI is InChI=1S/C25H46O3/c1-2-3-4-5-6-7-8-9-10-11-12-13-14-15-16-17-18-20-23-24(28-23)21-19-22-25(26)27/h18,20,23-24H,2-17,19,21-22H2,1H3,(H,26,27). The molecule has 1 aliphatic heterocycles. The van der Waals surface area contributed by atoms with Crippen LogP contribution in [0.5, 0.6) is 0 Å². The van der Waals surface area contributed by atoms with Crippen LogP contribution in [0.2, 0.25) is 0 Å². The maximum atomic E-state index is 10.5. The quantitative estimate of drug-likeness (QED) is 0.123. The molecule has 0 aliphatic carbocycles. The minimum Gasteiger partial charge on any atom is -0.481 e. The number of ether oxygens (including phenoxy) is 1. The third kappa shape index (κ3) is 16.2. The molecule has 164 valence electrons. The number of hydrogen-bond acceptors (Lipinski definition) is 2. The molecule has 0 bridgehead atoms. The van der Waals surface area contributed by atoms with Crippen LogP contribution < -0.4 is 0 Å². The van der Waals surface area contributed by atoms with E-state index in [1.54, 1.807) is 0 Å². The lowest BCUT2D eigenvalue weighted by Crippen LogP contribution is -1.97. The Morgan fingerprint density at radius 1 is 0.786 bits per heavy atom. The molecule has 0 aromatic heterocycles. The second kappa shape index (κ2) is 18.2. The van der Waals surface area contributed by atoms with Crippen LogP contribution in [0.15, 0.2) is 12.2 Å². The number of epoxide rings is 1. The van der Waals surface area contributed by atoms with E-state index in [1.165, 1.54) is 96.3 Å². The number of unbranched alkanes of at least 4 members (excludes halogenated alkanes) is 15. The Labute approximate surface area is 174 Å². The molecule has 0 amide bonds. The molecule has 0 radical (unpaired) electrons. The largest absolute Gasteiger partial charge is 0.481 e. The number of rotatable bonds is 21. The lowest BCUT2D eigenvalue weighted by molar-refractivity contribution is -0.137. The van der Waals surface area contributed by atoms with Crippen molar-refractivity contribution >= 4 is 5.97 Å². The average molecular weight is 395 g/mol. The molecule has 0 saturated carbocycles. The van der Waals surface area contributed by atoms with Crippen molar-refractivity contribution in [2.45, 2.75) is 141 Å². The summed E-state index contributed by atoms with van der Waals surface area (Å²) < 4.78 is 5.55. The van der Waals surface area contributed by atoms with Crippen molar-refractivity contribution in [1.82, 2.24) is 0 Å². The van der Waals surface area contributed by atoms with Crippen LogP contribution in [0.4, 0.5) is 0 Å². The predicted molar refractivity (Wildman–Crippen MR) is 119 cm³/mol. The number of carboxylic acids is 1. The first-order valence-electron chi connectivity index (χ1n) is 12.3. The van der Waals surface area contributed by atoms with E-state index in [2.05, 4.69) is 19.1 Å². The van der Waals surface area contributed by atoms with Gasteiger partial charge in [0, 0.05) is 6.42 Å². The van der Waals surface area contributed by atoms with Crippen molar-refractivity contribution in [1.29, 1.82) is 0 Å². The molecule has 0 aromatic carbocycles. The highest BCUT2D eigenvalue weighted by molar-refractivity contribution is 5.66. The fourth-order valence-corrected chi connectivity index (χ4v) is 3.88. The molecule has 1 aliphatic rings. The molecule has 3 heteroatoms. The summed E-state index contributed by atoms with van der Waals surface area (Å²) in [7, 11) is 0. The molecule has 1 fully saturated rings. The van der Waals surface area contributed by atoms with E-state index < -0.39 is 5.97 Å². The highest BCUT2D eigenvalue weighted by atomic mass is 16.6. The van der Waals surface area contributed by atoms with Crippen LogP contribution in [0, 0.1) is 0 Å². The van der Waals surface area contributed by atoms with Gasteiger partial charge in [0.2, 0.25) is 0 Å². The summed E-state index contributed by atoms with van der Waals surface area (Å²) in [6, 6.07) is 0. The topological polar surface area (TPSA) is 49.8 Å². The summed E-state index contributed by atoms with van der Waals surface area (Å²) >= 11 is 0. The molecule has 0 aromatic rings. The molecule has 1 saturated heterocycles. The first kappa shape index (κ1) is 25.2. The van der Waals surface area contributed by atoms with Gasteiger partial charge in [-0.2, -0.15) is 0 Å². The van der Waals surface area contributed by atoms with E-state index >= 15 is 0 Å². The van der Waals surface area contributed by atoms with Gasteiger partial charge in [0.1, 0.15) is 6.10 Å². The number of carbonyl (C=O) groups is 1. The third-order valence-corrected chi connectivity index (χ3v) is 5.80. The van der Waals surface area contributed by atoms with Gasteiger partial charge in [-0.3, -0.25) is 4.79 Å². The number of hydrogen-bond donors (Lipinski definition) is 1. The Morgan fingerprint density at radius 2 is 1.29 bits per heavy atom. The second-order valence-corrected chi connectivity index (χ2v) is 8.59. The zero-order valence-electron chi connectivity index (χ0n) is 18.5. The van der Waals surface area contributed by atoms with E-state index in [1.807, 2.05) is 0 Å². The van der Waals surface area contributed by atoms with Crippen molar-refractivity contribution in [2.75, 3.05) is 0 Å². The molecular formula is C25H46O3. The van der Waals surface area contributed by atoms with Crippen LogP contribution >= 0.6 is 0 Å². The Bertz CT molecular complexity index is 391. The molecule has 1 heterocycles. The van der Waals surface area contributed by atoms with Crippen LogP contribution in [-0.4, -0.2) is 23.3 Å². The second-order valence-electron chi connectivity index (χ2n) is 8.59. The minimum atomic E-state index is -0.707. The van der Waals surface area contributed by atoms with Gasteiger partial charge in [0.05, 0.1) is 6.10 Å². The van der Waals surface area contributed by atoms with Crippen molar-refractivity contribution < 1.29 is 14.6 Å². The summed E-state index contributed by atoms with van der Waals surface area (Å²) in [6.45, 7) is 2.28. The molecule has 1 N–H and O–H groups in total. The van der Waals surface area contributed by atoms with Gasteiger partial charge < -0.3 is 9.84 Å². The van der Waals surface area contributed by atoms with Crippen molar-refractivity contribution in [2.24, 2.45) is 0 Å². The fourth-order valence-electron chi connectivity index (χ4n) is 3.88. The molecule has 2 atom stereocenters. The van der Waals surface area contributed by atoms with Gasteiger partial charge in [-0.1, -0.05) is 109 Å². The molecule has 3 nitrogen and oxygen atoms in total. The van der Waals surface area contributed by atoms with Crippen LogP contribution in [0.1, 0.15) is 129 Å². The van der Waals surface area contributed by atoms with Gasteiger partial charge in [-0.25, -0.2) is 0 Å². The first-order valence-corrected chi connectivity index (χ1v) is 12.3. The Morgan fingerprint density at radius 3 is 1.79 bits per heavy atom. The van der Waals surface area contributed by atoms with Crippen molar-refractivity contribution in [3.63, 3.8) is 0 Å². The van der Waals surface area contributed by atoms with Crippen molar-refractivity contribution in [3.8, 4) is 0 Å². The van der Waals surface area contributed by atoms with Gasteiger partial charge in [-0.15, -0.1) is 0 Å².